The first kappa shape index (κ1) is 18.9. The Bertz CT molecular complexity index is 836. The number of hydrogen-bond donors (Lipinski definition) is 2. The molecule has 8 heteroatoms. The van der Waals surface area contributed by atoms with Gasteiger partial charge < -0.3 is 10.6 Å². The van der Waals surface area contributed by atoms with Crippen LogP contribution in [0, 0.1) is 5.82 Å². The molecule has 0 aromatic heterocycles. The zero-order chi connectivity index (χ0) is 18.4. The van der Waals surface area contributed by atoms with Crippen LogP contribution in [0.5, 0.6) is 0 Å². The van der Waals surface area contributed by atoms with Crippen molar-refractivity contribution in [2.24, 2.45) is 0 Å². The highest BCUT2D eigenvalue weighted by molar-refractivity contribution is 7.89. The Morgan fingerprint density at radius 2 is 1.60 bits per heavy atom. The smallest absolute Gasteiger partial charge is 0.315 e. The Labute approximate surface area is 146 Å². The molecule has 6 nitrogen and oxygen atoms in total. The van der Waals surface area contributed by atoms with Gasteiger partial charge in [-0.05, 0) is 29.3 Å². The van der Waals surface area contributed by atoms with Crippen LogP contribution in [0.3, 0.4) is 0 Å². The molecule has 2 aromatic rings. The van der Waals surface area contributed by atoms with E-state index in [1.165, 1.54) is 32.3 Å². The summed E-state index contributed by atoms with van der Waals surface area (Å²) in [6.45, 7) is 0.308. The lowest BCUT2D eigenvalue weighted by Gasteiger charge is -2.15. The monoisotopic (exact) mass is 365 g/mol. The zero-order valence-electron chi connectivity index (χ0n) is 14.0. The van der Waals surface area contributed by atoms with Gasteiger partial charge in [-0.15, -0.1) is 0 Å². The molecule has 0 fully saturated rings. The van der Waals surface area contributed by atoms with Gasteiger partial charge in [0.1, 0.15) is 5.82 Å². The number of carbonyl (C=O) groups excluding carboxylic acids is 1. The van der Waals surface area contributed by atoms with E-state index in [9.17, 15) is 17.6 Å². The van der Waals surface area contributed by atoms with Crippen molar-refractivity contribution < 1.29 is 17.6 Å². The van der Waals surface area contributed by atoms with Gasteiger partial charge in [0.25, 0.3) is 0 Å². The van der Waals surface area contributed by atoms with Gasteiger partial charge in [0.05, 0.1) is 4.90 Å². The van der Waals surface area contributed by atoms with Crippen molar-refractivity contribution >= 4 is 16.1 Å². The SMILES string of the molecule is CN(C)S(=O)(=O)c1ccccc1CNC(=O)NCc1ccc(F)cc1. The Morgan fingerprint density at radius 3 is 2.24 bits per heavy atom. The maximum Gasteiger partial charge on any atom is 0.315 e. The van der Waals surface area contributed by atoms with E-state index in [1.54, 1.807) is 30.3 Å². The minimum absolute atomic E-state index is 0.0680. The first-order chi connectivity index (χ1) is 11.8. The van der Waals surface area contributed by atoms with Crippen LogP contribution in [0.4, 0.5) is 9.18 Å². The van der Waals surface area contributed by atoms with Gasteiger partial charge in [-0.25, -0.2) is 21.9 Å². The Hall–Kier alpha value is -2.45. The first-order valence-corrected chi connectivity index (χ1v) is 9.01. The van der Waals surface area contributed by atoms with E-state index in [4.69, 9.17) is 0 Å². The maximum atomic E-state index is 12.8. The second kappa shape index (κ2) is 8.09. The topological polar surface area (TPSA) is 78.5 Å². The fourth-order valence-corrected chi connectivity index (χ4v) is 3.24. The zero-order valence-corrected chi connectivity index (χ0v) is 14.8. The van der Waals surface area contributed by atoms with E-state index in [0.717, 1.165) is 9.87 Å². The van der Waals surface area contributed by atoms with E-state index in [2.05, 4.69) is 10.6 Å². The van der Waals surface area contributed by atoms with Crippen molar-refractivity contribution in [3.8, 4) is 0 Å². The van der Waals surface area contributed by atoms with Gasteiger partial charge in [-0.3, -0.25) is 0 Å². The molecule has 25 heavy (non-hydrogen) atoms. The summed E-state index contributed by atoms with van der Waals surface area (Å²) in [4.78, 5) is 12.0. The van der Waals surface area contributed by atoms with Crippen molar-refractivity contribution in [2.75, 3.05) is 14.1 Å². The van der Waals surface area contributed by atoms with E-state index >= 15 is 0 Å². The molecule has 2 aromatic carbocycles. The van der Waals surface area contributed by atoms with Crippen molar-refractivity contribution in [1.82, 2.24) is 14.9 Å². The molecule has 0 saturated heterocycles. The number of sulfonamides is 1. The van der Waals surface area contributed by atoms with Crippen molar-refractivity contribution in [3.63, 3.8) is 0 Å². The number of halogens is 1. The predicted molar refractivity (Wildman–Crippen MR) is 92.8 cm³/mol. The average Bonchev–Trinajstić information content (AvgIpc) is 2.59. The van der Waals surface area contributed by atoms with Crippen LogP contribution in [0.1, 0.15) is 11.1 Å². The molecule has 0 unspecified atom stereocenters. The summed E-state index contributed by atoms with van der Waals surface area (Å²) in [5, 5.41) is 5.26. The van der Waals surface area contributed by atoms with Gasteiger partial charge in [0.15, 0.2) is 0 Å². The molecule has 2 amide bonds. The van der Waals surface area contributed by atoms with Gasteiger partial charge in [0.2, 0.25) is 10.0 Å². The lowest BCUT2D eigenvalue weighted by molar-refractivity contribution is 0.240. The summed E-state index contributed by atoms with van der Waals surface area (Å²) >= 11 is 0. The third-order valence-corrected chi connectivity index (χ3v) is 5.45. The summed E-state index contributed by atoms with van der Waals surface area (Å²) in [7, 11) is -0.682. The molecule has 2 rings (SSSR count). The lowest BCUT2D eigenvalue weighted by Crippen LogP contribution is -2.35. The average molecular weight is 365 g/mol. The van der Waals surface area contributed by atoms with Crippen LogP contribution in [0.25, 0.3) is 0 Å². The third kappa shape index (κ3) is 5.01. The highest BCUT2D eigenvalue weighted by Gasteiger charge is 2.20. The van der Waals surface area contributed by atoms with Crippen LogP contribution in [-0.4, -0.2) is 32.8 Å². The Morgan fingerprint density at radius 1 is 1.00 bits per heavy atom. The molecule has 0 aliphatic carbocycles. The number of nitrogens with zero attached hydrogens (tertiary/aromatic N) is 1. The Kier molecular flexibility index (Phi) is 6.11. The molecular weight excluding hydrogens is 345 g/mol. The summed E-state index contributed by atoms with van der Waals surface area (Å²) < 4.78 is 38.6. The molecule has 0 aliphatic rings. The van der Waals surface area contributed by atoms with Gasteiger partial charge in [-0.1, -0.05) is 30.3 Å². The lowest BCUT2D eigenvalue weighted by atomic mass is 10.2. The molecule has 0 bridgehead atoms. The molecule has 134 valence electrons. The summed E-state index contributed by atoms with van der Waals surface area (Å²) in [6.07, 6.45) is 0. The van der Waals surface area contributed by atoms with Crippen molar-refractivity contribution in [3.05, 3.63) is 65.5 Å². The van der Waals surface area contributed by atoms with Crippen LogP contribution in [-0.2, 0) is 23.1 Å². The number of benzene rings is 2. The fourth-order valence-electron chi connectivity index (χ4n) is 2.12. The minimum atomic E-state index is -3.59. The summed E-state index contributed by atoms with van der Waals surface area (Å²) in [6, 6.07) is 11.8. The standard InChI is InChI=1S/C17H20FN3O3S/c1-21(2)25(23,24)16-6-4-3-5-14(16)12-20-17(22)19-11-13-7-9-15(18)10-8-13/h3-10H,11-12H2,1-2H3,(H2,19,20,22). The first-order valence-electron chi connectivity index (χ1n) is 7.57. The Balaban J connectivity index is 1.97. The maximum absolute atomic E-state index is 12.8. The fraction of sp³-hybridized carbons (Fsp3) is 0.235. The number of amides is 2. The molecule has 0 atom stereocenters. The molecule has 0 radical (unpaired) electrons. The molecule has 2 N–H and O–H groups in total. The van der Waals surface area contributed by atoms with E-state index in [0.29, 0.717) is 5.56 Å². The summed E-state index contributed by atoms with van der Waals surface area (Å²) in [5.41, 5.74) is 1.25. The third-order valence-electron chi connectivity index (χ3n) is 3.54. The van der Waals surface area contributed by atoms with Gasteiger partial charge >= 0.3 is 6.03 Å². The van der Waals surface area contributed by atoms with E-state index in [1.807, 2.05) is 0 Å². The highest BCUT2D eigenvalue weighted by Crippen LogP contribution is 2.18. The molecular formula is C17H20FN3O3S. The summed E-state index contributed by atoms with van der Waals surface area (Å²) in [5.74, 6) is -0.341. The largest absolute Gasteiger partial charge is 0.334 e. The minimum Gasteiger partial charge on any atom is -0.334 e. The van der Waals surface area contributed by atoms with Crippen LogP contribution < -0.4 is 10.6 Å². The second-order valence-electron chi connectivity index (χ2n) is 5.56. The predicted octanol–water partition coefficient (Wildman–Crippen LogP) is 2.08. The number of nitrogens with one attached hydrogen (secondary N) is 2. The van der Waals surface area contributed by atoms with Gasteiger partial charge in [0, 0.05) is 27.2 Å². The van der Waals surface area contributed by atoms with Crippen molar-refractivity contribution in [2.45, 2.75) is 18.0 Å². The molecule has 0 aliphatic heterocycles. The highest BCUT2D eigenvalue weighted by atomic mass is 32.2. The van der Waals surface area contributed by atoms with Crippen LogP contribution >= 0.6 is 0 Å². The van der Waals surface area contributed by atoms with E-state index in [-0.39, 0.29) is 23.8 Å². The molecule has 0 saturated carbocycles. The van der Waals surface area contributed by atoms with Crippen molar-refractivity contribution in [1.29, 1.82) is 0 Å². The van der Waals surface area contributed by atoms with Crippen LogP contribution in [0.15, 0.2) is 53.4 Å². The number of urea groups is 1. The van der Waals surface area contributed by atoms with Crippen LogP contribution in [0.2, 0.25) is 0 Å². The second-order valence-corrected chi connectivity index (χ2v) is 7.68. The number of hydrogen-bond acceptors (Lipinski definition) is 3. The normalized spacial score (nSPS) is 11.4. The molecule has 0 spiro atoms. The molecule has 0 heterocycles. The van der Waals surface area contributed by atoms with Gasteiger partial charge in [-0.2, -0.15) is 0 Å². The number of rotatable bonds is 6. The van der Waals surface area contributed by atoms with E-state index < -0.39 is 16.1 Å². The number of carbonyl (C=O) groups is 1. The quantitative estimate of drug-likeness (QED) is 0.823.